The Kier molecular flexibility index (Phi) is 2.66. The van der Waals surface area contributed by atoms with Crippen LogP contribution in [-0.4, -0.2) is 18.4 Å². The second-order valence-electron chi connectivity index (χ2n) is 2.31. The molecule has 0 atom stereocenters. The molecule has 2 heteroatoms. The molecular weight excluding hydrogens is 138 g/mol. The summed E-state index contributed by atoms with van der Waals surface area (Å²) in [5.74, 6) is 0.308. The molecular formula is C9H11NO. The van der Waals surface area contributed by atoms with Crippen molar-refractivity contribution in [1.29, 1.82) is 0 Å². The summed E-state index contributed by atoms with van der Waals surface area (Å²) in [6, 6.07) is 7.13. The Bertz CT molecular complexity index is 238. The summed E-state index contributed by atoms with van der Waals surface area (Å²) < 4.78 is 0. The van der Waals surface area contributed by atoms with Gasteiger partial charge in [0.2, 0.25) is 0 Å². The number of hydrogen-bond donors (Lipinski definition) is 1. The molecule has 0 aliphatic carbocycles. The van der Waals surface area contributed by atoms with E-state index < -0.39 is 0 Å². The van der Waals surface area contributed by atoms with E-state index in [1.54, 1.807) is 19.2 Å². The minimum absolute atomic E-state index is 0.308. The zero-order chi connectivity index (χ0) is 8.10. The van der Waals surface area contributed by atoms with Gasteiger partial charge in [-0.25, -0.2) is 0 Å². The fraction of sp³-hybridized carbons (Fsp3) is 0.222. The topological polar surface area (TPSA) is 32.6 Å². The fourth-order valence-corrected chi connectivity index (χ4v) is 0.829. The molecule has 0 bridgehead atoms. The Morgan fingerprint density at radius 3 is 2.55 bits per heavy atom. The Hall–Kier alpha value is -1.31. The predicted molar refractivity (Wildman–Crippen MR) is 46.2 cm³/mol. The van der Waals surface area contributed by atoms with Gasteiger partial charge in [0.15, 0.2) is 0 Å². The lowest BCUT2D eigenvalue weighted by atomic mass is 10.2. The van der Waals surface area contributed by atoms with Crippen LogP contribution in [0, 0.1) is 0 Å². The van der Waals surface area contributed by atoms with Crippen molar-refractivity contribution in [3.63, 3.8) is 0 Å². The van der Waals surface area contributed by atoms with Gasteiger partial charge in [-0.3, -0.25) is 0 Å². The van der Waals surface area contributed by atoms with Crippen molar-refractivity contribution in [2.24, 2.45) is 4.99 Å². The van der Waals surface area contributed by atoms with Crippen LogP contribution in [0.2, 0.25) is 0 Å². The van der Waals surface area contributed by atoms with Gasteiger partial charge in [0.05, 0.1) is 0 Å². The maximum Gasteiger partial charge on any atom is 0.115 e. The molecule has 1 rings (SSSR count). The number of nitrogens with zero attached hydrogens (tertiary/aromatic N) is 1. The maximum absolute atomic E-state index is 8.95. The van der Waals surface area contributed by atoms with Crippen LogP contribution in [0.25, 0.3) is 0 Å². The van der Waals surface area contributed by atoms with Crippen LogP contribution in [-0.2, 0) is 6.42 Å². The zero-order valence-corrected chi connectivity index (χ0v) is 6.49. The first-order valence-corrected chi connectivity index (χ1v) is 3.51. The van der Waals surface area contributed by atoms with E-state index in [0.717, 1.165) is 12.0 Å². The van der Waals surface area contributed by atoms with Crippen LogP contribution in [0.15, 0.2) is 29.3 Å². The Morgan fingerprint density at radius 2 is 2.00 bits per heavy atom. The minimum Gasteiger partial charge on any atom is -0.508 e. The normalized spacial score (nSPS) is 10.6. The third-order valence-electron chi connectivity index (χ3n) is 1.45. The number of aromatic hydroxyl groups is 1. The second kappa shape index (κ2) is 3.76. The molecule has 0 aromatic heterocycles. The van der Waals surface area contributed by atoms with Crippen LogP contribution in [0.1, 0.15) is 5.56 Å². The van der Waals surface area contributed by atoms with Gasteiger partial charge in [0.1, 0.15) is 5.75 Å². The maximum atomic E-state index is 8.95. The first-order valence-electron chi connectivity index (χ1n) is 3.51. The minimum atomic E-state index is 0.308. The van der Waals surface area contributed by atoms with Gasteiger partial charge < -0.3 is 10.1 Å². The van der Waals surface area contributed by atoms with E-state index in [9.17, 15) is 0 Å². The van der Waals surface area contributed by atoms with E-state index in [4.69, 9.17) is 5.11 Å². The number of benzene rings is 1. The lowest BCUT2D eigenvalue weighted by Gasteiger charge is -1.94. The summed E-state index contributed by atoms with van der Waals surface area (Å²) in [7, 11) is 1.75. The highest BCUT2D eigenvalue weighted by molar-refractivity contribution is 5.61. The third-order valence-corrected chi connectivity index (χ3v) is 1.45. The summed E-state index contributed by atoms with van der Waals surface area (Å²) in [6.45, 7) is 0. The van der Waals surface area contributed by atoms with Crippen molar-refractivity contribution in [2.45, 2.75) is 6.42 Å². The van der Waals surface area contributed by atoms with Crippen LogP contribution in [0.4, 0.5) is 0 Å². The Balaban J connectivity index is 2.66. The van der Waals surface area contributed by atoms with Gasteiger partial charge in [0, 0.05) is 19.7 Å². The smallest absolute Gasteiger partial charge is 0.115 e. The molecule has 0 aliphatic heterocycles. The predicted octanol–water partition coefficient (Wildman–Crippen LogP) is 1.64. The number of hydrogen-bond acceptors (Lipinski definition) is 2. The molecule has 11 heavy (non-hydrogen) atoms. The number of aliphatic imine (C=N–C) groups is 1. The molecule has 0 amide bonds. The van der Waals surface area contributed by atoms with E-state index in [0.29, 0.717) is 5.75 Å². The summed E-state index contributed by atoms with van der Waals surface area (Å²) in [6.07, 6.45) is 2.67. The van der Waals surface area contributed by atoms with Gasteiger partial charge in [-0.05, 0) is 17.7 Å². The average Bonchev–Trinajstić information content (AvgIpc) is 2.04. The Labute approximate surface area is 66.2 Å². The first kappa shape index (κ1) is 7.79. The quantitative estimate of drug-likeness (QED) is 0.637. The third kappa shape index (κ3) is 2.42. The molecule has 0 spiro atoms. The largest absolute Gasteiger partial charge is 0.508 e. The standard InChI is InChI=1S/C9H11NO/c1-10-7-6-8-2-4-9(11)5-3-8/h2-5,7,11H,6H2,1H3/b10-7-. The lowest BCUT2D eigenvalue weighted by molar-refractivity contribution is 0.475. The van der Waals surface area contributed by atoms with Crippen LogP contribution < -0.4 is 0 Å². The molecule has 0 fully saturated rings. The first-order chi connectivity index (χ1) is 5.33. The fourth-order valence-electron chi connectivity index (χ4n) is 0.829. The molecule has 58 valence electrons. The highest BCUT2D eigenvalue weighted by atomic mass is 16.3. The molecule has 1 N–H and O–H groups in total. The highest BCUT2D eigenvalue weighted by Crippen LogP contribution is 2.08. The molecule has 0 saturated carbocycles. The van der Waals surface area contributed by atoms with Gasteiger partial charge in [-0.15, -0.1) is 0 Å². The van der Waals surface area contributed by atoms with Crippen LogP contribution in [0.3, 0.4) is 0 Å². The molecule has 1 aromatic carbocycles. The number of phenolic OH excluding ortho intramolecular Hbond substituents is 1. The summed E-state index contributed by atoms with van der Waals surface area (Å²) in [5, 5.41) is 8.95. The van der Waals surface area contributed by atoms with Gasteiger partial charge in [-0.2, -0.15) is 0 Å². The van der Waals surface area contributed by atoms with Gasteiger partial charge in [0.25, 0.3) is 0 Å². The van der Waals surface area contributed by atoms with Gasteiger partial charge >= 0.3 is 0 Å². The second-order valence-corrected chi connectivity index (χ2v) is 2.31. The van der Waals surface area contributed by atoms with Crippen LogP contribution >= 0.6 is 0 Å². The van der Waals surface area contributed by atoms with E-state index >= 15 is 0 Å². The van der Waals surface area contributed by atoms with Gasteiger partial charge in [-0.1, -0.05) is 12.1 Å². The SMILES string of the molecule is C/N=C\Cc1ccc(O)cc1. The lowest BCUT2D eigenvalue weighted by Crippen LogP contribution is -1.83. The van der Waals surface area contributed by atoms with Crippen molar-refractivity contribution in [1.82, 2.24) is 0 Å². The summed E-state index contributed by atoms with van der Waals surface area (Å²) in [4.78, 5) is 3.87. The van der Waals surface area contributed by atoms with E-state index in [1.807, 2.05) is 18.3 Å². The molecule has 1 aromatic rings. The molecule has 2 nitrogen and oxygen atoms in total. The number of rotatable bonds is 2. The molecule has 0 radical (unpaired) electrons. The summed E-state index contributed by atoms with van der Waals surface area (Å²) >= 11 is 0. The monoisotopic (exact) mass is 149 g/mol. The highest BCUT2D eigenvalue weighted by Gasteiger charge is 1.89. The number of phenols is 1. The van der Waals surface area contributed by atoms with Crippen LogP contribution in [0.5, 0.6) is 5.75 Å². The van der Waals surface area contributed by atoms with Crippen molar-refractivity contribution < 1.29 is 5.11 Å². The van der Waals surface area contributed by atoms with Crippen molar-refractivity contribution in [3.05, 3.63) is 29.8 Å². The van der Waals surface area contributed by atoms with Crippen molar-refractivity contribution in [3.8, 4) is 5.75 Å². The van der Waals surface area contributed by atoms with Crippen molar-refractivity contribution in [2.75, 3.05) is 7.05 Å². The zero-order valence-electron chi connectivity index (χ0n) is 6.49. The molecule has 0 unspecified atom stereocenters. The average molecular weight is 149 g/mol. The Morgan fingerprint density at radius 1 is 1.36 bits per heavy atom. The summed E-state index contributed by atoms with van der Waals surface area (Å²) in [5.41, 5.74) is 1.16. The van der Waals surface area contributed by atoms with Crippen molar-refractivity contribution >= 4 is 6.21 Å². The molecule has 0 heterocycles. The van der Waals surface area contributed by atoms with E-state index in [2.05, 4.69) is 4.99 Å². The molecule has 0 aliphatic rings. The van der Waals surface area contributed by atoms with E-state index in [1.165, 1.54) is 0 Å². The van der Waals surface area contributed by atoms with E-state index in [-0.39, 0.29) is 0 Å². The molecule has 0 saturated heterocycles.